The van der Waals surface area contributed by atoms with Crippen LogP contribution in [0.5, 0.6) is 0 Å². The van der Waals surface area contributed by atoms with Gasteiger partial charge in [-0.1, -0.05) is 5.21 Å². The number of hydrogen-bond donors (Lipinski definition) is 1. The number of benzene rings is 1. The van der Waals surface area contributed by atoms with Gasteiger partial charge in [-0.3, -0.25) is 4.98 Å². The molecule has 100 valence electrons. The summed E-state index contributed by atoms with van der Waals surface area (Å²) in [6, 6.07) is 8.76. The molecule has 0 saturated carbocycles. The molecule has 0 atom stereocenters. The maximum atomic E-state index is 10.9. The summed E-state index contributed by atoms with van der Waals surface area (Å²) in [5, 5.41) is 17.0. The smallest absolute Gasteiger partial charge is 0.335 e. The zero-order valence-electron chi connectivity index (χ0n) is 10.6. The molecule has 20 heavy (non-hydrogen) atoms. The van der Waals surface area contributed by atoms with E-state index in [-0.39, 0.29) is 5.56 Å². The fourth-order valence-corrected chi connectivity index (χ4v) is 2.05. The second-order valence-electron chi connectivity index (χ2n) is 4.43. The Bertz CT molecular complexity index is 752. The summed E-state index contributed by atoms with van der Waals surface area (Å²) in [6.07, 6.45) is 4.34. The van der Waals surface area contributed by atoms with Gasteiger partial charge in [-0.15, -0.1) is 5.10 Å². The SMILES string of the molecule is O=C(O)c1ccc2c(c1)nnn2CCc1ccncc1. The standard InChI is InChI=1S/C14H12N4O2/c19-14(20)11-1-2-13-12(9-11)16-17-18(13)8-5-10-3-6-15-7-4-10/h1-4,6-7,9H,5,8H2,(H,19,20). The van der Waals surface area contributed by atoms with Gasteiger partial charge in [0.1, 0.15) is 5.52 Å². The number of fused-ring (bicyclic) bond motifs is 1. The molecule has 2 heterocycles. The Balaban J connectivity index is 1.84. The predicted molar refractivity (Wildman–Crippen MR) is 72.4 cm³/mol. The van der Waals surface area contributed by atoms with Gasteiger partial charge in [-0.2, -0.15) is 0 Å². The first-order valence-electron chi connectivity index (χ1n) is 6.19. The molecule has 6 nitrogen and oxygen atoms in total. The molecule has 0 radical (unpaired) electrons. The quantitative estimate of drug-likeness (QED) is 0.779. The van der Waals surface area contributed by atoms with Crippen molar-refractivity contribution in [3.05, 3.63) is 53.9 Å². The van der Waals surface area contributed by atoms with Crippen LogP contribution >= 0.6 is 0 Å². The third kappa shape index (κ3) is 2.35. The van der Waals surface area contributed by atoms with Crippen LogP contribution in [0.15, 0.2) is 42.7 Å². The highest BCUT2D eigenvalue weighted by Crippen LogP contribution is 2.14. The van der Waals surface area contributed by atoms with Crippen molar-refractivity contribution in [1.82, 2.24) is 20.0 Å². The number of pyridine rings is 1. The lowest BCUT2D eigenvalue weighted by molar-refractivity contribution is 0.0697. The Morgan fingerprint density at radius 1 is 1.20 bits per heavy atom. The van der Waals surface area contributed by atoms with Crippen LogP contribution < -0.4 is 0 Å². The lowest BCUT2D eigenvalue weighted by Crippen LogP contribution is -2.03. The van der Waals surface area contributed by atoms with Gasteiger partial charge in [-0.25, -0.2) is 9.48 Å². The summed E-state index contributed by atoms with van der Waals surface area (Å²) >= 11 is 0. The summed E-state index contributed by atoms with van der Waals surface area (Å²) in [7, 11) is 0. The van der Waals surface area contributed by atoms with Crippen molar-refractivity contribution in [2.75, 3.05) is 0 Å². The number of carbonyl (C=O) groups is 1. The molecule has 0 saturated heterocycles. The van der Waals surface area contributed by atoms with E-state index in [4.69, 9.17) is 5.11 Å². The lowest BCUT2D eigenvalue weighted by atomic mass is 10.2. The summed E-state index contributed by atoms with van der Waals surface area (Å²) < 4.78 is 1.78. The minimum atomic E-state index is -0.960. The van der Waals surface area contributed by atoms with Crippen LogP contribution in [0.3, 0.4) is 0 Å². The molecule has 2 aromatic heterocycles. The molecule has 0 fully saturated rings. The average molecular weight is 268 g/mol. The maximum Gasteiger partial charge on any atom is 0.335 e. The Hall–Kier alpha value is -2.76. The van der Waals surface area contributed by atoms with Crippen LogP contribution in [-0.4, -0.2) is 31.1 Å². The Morgan fingerprint density at radius 2 is 2.00 bits per heavy atom. The highest BCUT2D eigenvalue weighted by atomic mass is 16.4. The molecule has 6 heteroatoms. The number of hydrogen-bond acceptors (Lipinski definition) is 4. The van der Waals surface area contributed by atoms with Gasteiger partial charge in [-0.05, 0) is 42.3 Å². The third-order valence-electron chi connectivity index (χ3n) is 3.12. The molecule has 0 bridgehead atoms. The van der Waals surface area contributed by atoms with Gasteiger partial charge in [0.25, 0.3) is 0 Å². The first kappa shape index (κ1) is 12.3. The van der Waals surface area contributed by atoms with Crippen molar-refractivity contribution in [3.8, 4) is 0 Å². The monoisotopic (exact) mass is 268 g/mol. The van der Waals surface area contributed by atoms with E-state index >= 15 is 0 Å². The highest BCUT2D eigenvalue weighted by Gasteiger charge is 2.08. The molecule has 3 rings (SSSR count). The number of nitrogens with zero attached hydrogens (tertiary/aromatic N) is 4. The highest BCUT2D eigenvalue weighted by molar-refractivity contribution is 5.92. The van der Waals surface area contributed by atoms with Gasteiger partial charge in [0.05, 0.1) is 11.1 Å². The zero-order valence-corrected chi connectivity index (χ0v) is 10.6. The molecule has 3 aromatic rings. The van der Waals surface area contributed by atoms with Crippen molar-refractivity contribution in [2.45, 2.75) is 13.0 Å². The predicted octanol–water partition coefficient (Wildman–Crippen LogP) is 1.77. The van der Waals surface area contributed by atoms with E-state index in [1.807, 2.05) is 12.1 Å². The molecule has 1 N–H and O–H groups in total. The first-order chi connectivity index (χ1) is 9.74. The molecule has 1 aromatic carbocycles. The van der Waals surface area contributed by atoms with E-state index < -0.39 is 5.97 Å². The Kier molecular flexibility index (Phi) is 3.12. The number of carboxylic acid groups (broad SMARTS) is 1. The molecule has 0 aliphatic heterocycles. The van der Waals surface area contributed by atoms with Gasteiger partial charge >= 0.3 is 5.97 Å². The number of aromatic carboxylic acids is 1. The van der Waals surface area contributed by atoms with Crippen molar-refractivity contribution < 1.29 is 9.90 Å². The molecule has 0 aliphatic carbocycles. The fraction of sp³-hybridized carbons (Fsp3) is 0.143. The van der Waals surface area contributed by atoms with E-state index in [1.165, 1.54) is 11.6 Å². The van der Waals surface area contributed by atoms with Crippen molar-refractivity contribution in [3.63, 3.8) is 0 Å². The molecular weight excluding hydrogens is 256 g/mol. The second-order valence-corrected chi connectivity index (χ2v) is 4.43. The van der Waals surface area contributed by atoms with E-state index in [0.29, 0.717) is 12.1 Å². The van der Waals surface area contributed by atoms with E-state index in [0.717, 1.165) is 11.9 Å². The second kappa shape index (κ2) is 5.08. The van der Waals surface area contributed by atoms with Gasteiger partial charge in [0.15, 0.2) is 0 Å². The summed E-state index contributed by atoms with van der Waals surface area (Å²) in [6.45, 7) is 0.687. The molecular formula is C14H12N4O2. The zero-order chi connectivity index (χ0) is 13.9. The lowest BCUT2D eigenvalue weighted by Gasteiger charge is -2.02. The van der Waals surface area contributed by atoms with Gasteiger partial charge in [0, 0.05) is 18.9 Å². The van der Waals surface area contributed by atoms with E-state index in [2.05, 4.69) is 15.3 Å². The summed E-state index contributed by atoms with van der Waals surface area (Å²) in [5.74, 6) is -0.960. The Morgan fingerprint density at radius 3 is 2.75 bits per heavy atom. The number of rotatable bonds is 4. The average Bonchev–Trinajstić information content (AvgIpc) is 2.88. The van der Waals surface area contributed by atoms with Crippen LogP contribution in [0.1, 0.15) is 15.9 Å². The van der Waals surface area contributed by atoms with Crippen molar-refractivity contribution >= 4 is 17.0 Å². The third-order valence-corrected chi connectivity index (χ3v) is 3.12. The van der Waals surface area contributed by atoms with Crippen LogP contribution in [0.4, 0.5) is 0 Å². The summed E-state index contributed by atoms with van der Waals surface area (Å²) in [4.78, 5) is 14.9. The van der Waals surface area contributed by atoms with E-state index in [1.54, 1.807) is 29.2 Å². The van der Waals surface area contributed by atoms with Crippen LogP contribution in [0.2, 0.25) is 0 Å². The topological polar surface area (TPSA) is 80.9 Å². The molecule has 0 unspecified atom stereocenters. The van der Waals surface area contributed by atoms with Gasteiger partial charge < -0.3 is 5.11 Å². The normalized spacial score (nSPS) is 10.8. The molecule has 0 amide bonds. The first-order valence-corrected chi connectivity index (χ1v) is 6.19. The molecule has 0 aliphatic rings. The van der Waals surface area contributed by atoms with Gasteiger partial charge in [0.2, 0.25) is 0 Å². The number of aromatic nitrogens is 4. The van der Waals surface area contributed by atoms with Crippen LogP contribution in [-0.2, 0) is 13.0 Å². The fourth-order valence-electron chi connectivity index (χ4n) is 2.05. The Labute approximate surface area is 114 Å². The number of carboxylic acids is 1. The van der Waals surface area contributed by atoms with Crippen molar-refractivity contribution in [2.24, 2.45) is 0 Å². The van der Waals surface area contributed by atoms with E-state index in [9.17, 15) is 4.79 Å². The minimum absolute atomic E-state index is 0.221. The minimum Gasteiger partial charge on any atom is -0.478 e. The van der Waals surface area contributed by atoms with Crippen molar-refractivity contribution in [1.29, 1.82) is 0 Å². The maximum absolute atomic E-state index is 10.9. The molecule has 0 spiro atoms. The number of aryl methyl sites for hydroxylation is 2. The summed E-state index contributed by atoms with van der Waals surface area (Å²) in [5.41, 5.74) is 2.83. The largest absolute Gasteiger partial charge is 0.478 e. The van der Waals surface area contributed by atoms with Crippen LogP contribution in [0, 0.1) is 0 Å². The van der Waals surface area contributed by atoms with Crippen LogP contribution in [0.25, 0.3) is 11.0 Å².